The highest BCUT2D eigenvalue weighted by Crippen LogP contribution is 2.37. The molecular weight excluding hydrogens is 593 g/mol. The van der Waals surface area contributed by atoms with Crippen molar-refractivity contribution in [3.63, 3.8) is 0 Å². The molecular formula is C34H28N4O4S2. The van der Waals surface area contributed by atoms with E-state index in [1.807, 2.05) is 121 Å². The van der Waals surface area contributed by atoms with Gasteiger partial charge in [-0.1, -0.05) is 96.3 Å². The largest absolute Gasteiger partial charge is 0.493 e. The van der Waals surface area contributed by atoms with E-state index in [2.05, 4.69) is 10.2 Å². The van der Waals surface area contributed by atoms with Crippen molar-refractivity contribution in [1.82, 2.24) is 19.6 Å². The average Bonchev–Trinajstić information content (AvgIpc) is 3.54. The molecule has 2 N–H and O–H groups in total. The maximum Gasteiger partial charge on any atom is 0.226 e. The molecule has 0 unspecified atom stereocenters. The zero-order valence-electron chi connectivity index (χ0n) is 23.9. The van der Waals surface area contributed by atoms with Gasteiger partial charge in [0.25, 0.3) is 0 Å². The summed E-state index contributed by atoms with van der Waals surface area (Å²) in [6.45, 7) is 2.86. The van der Waals surface area contributed by atoms with Crippen LogP contribution in [-0.4, -0.2) is 41.3 Å². The molecule has 0 atom stereocenters. The summed E-state index contributed by atoms with van der Waals surface area (Å²) in [7, 11) is 0. The molecule has 0 amide bonds. The van der Waals surface area contributed by atoms with Crippen molar-refractivity contribution < 1.29 is 19.8 Å². The van der Waals surface area contributed by atoms with Gasteiger partial charge in [0.15, 0.2) is 11.6 Å². The van der Waals surface area contributed by atoms with Gasteiger partial charge in [-0.05, 0) is 62.4 Å². The molecule has 0 aliphatic rings. The van der Waals surface area contributed by atoms with E-state index in [1.54, 1.807) is 0 Å². The zero-order chi connectivity index (χ0) is 31.1. The highest BCUT2D eigenvalue weighted by atomic mass is 32.2. The van der Waals surface area contributed by atoms with E-state index in [0.29, 0.717) is 21.4 Å². The van der Waals surface area contributed by atoms with Crippen LogP contribution in [0.5, 0.6) is 11.8 Å². The summed E-state index contributed by atoms with van der Waals surface area (Å²) in [5, 5.41) is 30.6. The quantitative estimate of drug-likeness (QED) is 0.166. The van der Waals surface area contributed by atoms with Gasteiger partial charge in [-0.2, -0.15) is 19.6 Å². The fourth-order valence-electron chi connectivity index (χ4n) is 4.24. The van der Waals surface area contributed by atoms with Crippen LogP contribution in [0.3, 0.4) is 0 Å². The van der Waals surface area contributed by atoms with Crippen LogP contribution < -0.4 is 0 Å². The van der Waals surface area contributed by atoms with E-state index in [4.69, 9.17) is 0 Å². The lowest BCUT2D eigenvalue weighted by Gasteiger charge is -2.01. The maximum absolute atomic E-state index is 11.9. The van der Waals surface area contributed by atoms with Gasteiger partial charge < -0.3 is 10.2 Å². The van der Waals surface area contributed by atoms with Crippen LogP contribution >= 0.6 is 23.5 Å². The Morgan fingerprint density at radius 2 is 0.818 bits per heavy atom. The summed E-state index contributed by atoms with van der Waals surface area (Å²) in [5.41, 5.74) is 1.92. The third-order valence-electron chi connectivity index (χ3n) is 6.28. The van der Waals surface area contributed by atoms with Gasteiger partial charge in [-0.25, -0.2) is 0 Å². The van der Waals surface area contributed by atoms with Crippen molar-refractivity contribution in [2.24, 2.45) is 0 Å². The van der Waals surface area contributed by atoms with Crippen LogP contribution in [0.4, 0.5) is 0 Å². The number of para-hydroxylation sites is 2. The first-order valence-corrected chi connectivity index (χ1v) is 15.2. The lowest BCUT2D eigenvalue weighted by Crippen LogP contribution is -1.96. The summed E-state index contributed by atoms with van der Waals surface area (Å²) < 4.78 is 2.78. The molecule has 220 valence electrons. The fourth-order valence-corrected chi connectivity index (χ4v) is 6.19. The number of carbonyl (C=O) groups excluding carboxylic acids is 2. The van der Waals surface area contributed by atoms with Crippen LogP contribution in [0.2, 0.25) is 0 Å². The third kappa shape index (κ3) is 6.94. The number of hydrogen-bond acceptors (Lipinski definition) is 8. The lowest BCUT2D eigenvalue weighted by molar-refractivity contribution is 0.0999. The predicted molar refractivity (Wildman–Crippen MR) is 172 cm³/mol. The first-order chi connectivity index (χ1) is 21.3. The number of carbonyl (C=O) groups is 2. The third-order valence-corrected chi connectivity index (χ3v) is 8.25. The number of Topliss-reactive ketones (excluding diaryl/α,β-unsaturated/α-hetero) is 2. The Morgan fingerprint density at radius 1 is 0.523 bits per heavy atom. The number of ketones is 2. The summed E-state index contributed by atoms with van der Waals surface area (Å²) in [6, 6.07) is 37.8. The molecule has 0 radical (unpaired) electrons. The molecule has 0 bridgehead atoms. The molecule has 44 heavy (non-hydrogen) atoms. The molecule has 0 spiro atoms. The van der Waals surface area contributed by atoms with Gasteiger partial charge in [0.2, 0.25) is 11.8 Å². The zero-order valence-corrected chi connectivity index (χ0v) is 25.5. The molecule has 2 heterocycles. The molecule has 0 aliphatic heterocycles. The van der Waals surface area contributed by atoms with Crippen molar-refractivity contribution >= 4 is 35.1 Å². The number of benzene rings is 4. The molecule has 2 aromatic heterocycles. The SMILES string of the molecule is CC(=O)c1c(Sc2ccccc2)nn(-c2ccccc2)c1O.CC(=O)c1c(Sc2ccccc2)nn(-c2ccccc2)c1O. The Labute approximate surface area is 263 Å². The summed E-state index contributed by atoms with van der Waals surface area (Å²) in [6.07, 6.45) is 0. The van der Waals surface area contributed by atoms with E-state index < -0.39 is 0 Å². The second kappa shape index (κ2) is 13.9. The van der Waals surface area contributed by atoms with Crippen molar-refractivity contribution in [3.05, 3.63) is 132 Å². The normalized spacial score (nSPS) is 10.6. The molecule has 8 nitrogen and oxygen atoms in total. The molecule has 6 rings (SSSR count). The van der Waals surface area contributed by atoms with E-state index in [0.717, 1.165) is 9.79 Å². The molecule has 0 saturated heterocycles. The Kier molecular flexibility index (Phi) is 9.63. The lowest BCUT2D eigenvalue weighted by atomic mass is 10.2. The molecule has 0 fully saturated rings. The van der Waals surface area contributed by atoms with Gasteiger partial charge in [0.1, 0.15) is 21.2 Å². The smallest absolute Gasteiger partial charge is 0.226 e. The average molecular weight is 621 g/mol. The fraction of sp³-hybridized carbons (Fsp3) is 0.0588. The van der Waals surface area contributed by atoms with Crippen molar-refractivity contribution in [3.8, 4) is 23.1 Å². The first kappa shape index (κ1) is 30.4. The number of rotatable bonds is 8. The summed E-state index contributed by atoms with van der Waals surface area (Å²) in [4.78, 5) is 25.7. The molecule has 0 saturated carbocycles. The Hall–Kier alpha value is -5.06. The highest BCUT2D eigenvalue weighted by Gasteiger charge is 2.23. The Morgan fingerprint density at radius 3 is 1.11 bits per heavy atom. The Balaban J connectivity index is 0.000000175. The van der Waals surface area contributed by atoms with Gasteiger partial charge in [0, 0.05) is 9.79 Å². The molecule has 4 aromatic carbocycles. The number of aromatic nitrogens is 4. The standard InChI is InChI=1S/2C17H14N2O2S/c2*1-12(20)15-16(22-14-10-6-3-7-11-14)18-19(17(15)21)13-8-4-2-5-9-13/h2*2-11,21H,1H3. The minimum Gasteiger partial charge on any atom is -0.493 e. The topological polar surface area (TPSA) is 110 Å². The summed E-state index contributed by atoms with van der Waals surface area (Å²) >= 11 is 2.72. The van der Waals surface area contributed by atoms with Crippen LogP contribution in [0.25, 0.3) is 11.4 Å². The van der Waals surface area contributed by atoms with Gasteiger partial charge >= 0.3 is 0 Å². The van der Waals surface area contributed by atoms with Crippen molar-refractivity contribution in [1.29, 1.82) is 0 Å². The number of aromatic hydroxyl groups is 2. The number of hydrogen-bond donors (Lipinski definition) is 2. The Bertz CT molecular complexity index is 1740. The molecule has 0 aliphatic carbocycles. The van der Waals surface area contributed by atoms with Crippen molar-refractivity contribution in [2.75, 3.05) is 0 Å². The maximum atomic E-state index is 11.9. The second-order valence-electron chi connectivity index (χ2n) is 9.44. The van der Waals surface area contributed by atoms with Crippen LogP contribution in [0, 0.1) is 0 Å². The van der Waals surface area contributed by atoms with E-state index in [9.17, 15) is 19.8 Å². The van der Waals surface area contributed by atoms with Crippen molar-refractivity contribution in [2.45, 2.75) is 33.7 Å². The van der Waals surface area contributed by atoms with Gasteiger partial charge in [-0.3, -0.25) is 9.59 Å². The number of nitrogens with zero attached hydrogens (tertiary/aromatic N) is 4. The monoisotopic (exact) mass is 620 g/mol. The van der Waals surface area contributed by atoms with Gasteiger partial charge in [0.05, 0.1) is 11.4 Å². The van der Waals surface area contributed by atoms with Crippen LogP contribution in [0.15, 0.2) is 141 Å². The van der Waals surface area contributed by atoms with Crippen LogP contribution in [0.1, 0.15) is 34.6 Å². The molecule has 6 aromatic rings. The predicted octanol–water partition coefficient (Wildman–Crippen LogP) is 7.86. The van der Waals surface area contributed by atoms with E-state index in [-0.39, 0.29) is 34.5 Å². The highest BCUT2D eigenvalue weighted by molar-refractivity contribution is 7.99. The summed E-state index contributed by atoms with van der Waals surface area (Å²) in [5.74, 6) is -0.675. The second-order valence-corrected chi connectivity index (χ2v) is 11.6. The van der Waals surface area contributed by atoms with Crippen LogP contribution in [-0.2, 0) is 0 Å². The van der Waals surface area contributed by atoms with E-state index in [1.165, 1.54) is 46.7 Å². The van der Waals surface area contributed by atoms with E-state index >= 15 is 0 Å². The molecule has 10 heteroatoms. The minimum atomic E-state index is -0.210. The minimum absolute atomic E-state index is 0.128. The first-order valence-electron chi connectivity index (χ1n) is 13.6. The van der Waals surface area contributed by atoms with Gasteiger partial charge in [-0.15, -0.1) is 0 Å².